The van der Waals surface area contributed by atoms with Gasteiger partial charge in [0, 0.05) is 5.56 Å². The van der Waals surface area contributed by atoms with E-state index in [1.165, 1.54) is 0 Å². The van der Waals surface area contributed by atoms with Gasteiger partial charge in [0.05, 0.1) is 12.3 Å². The lowest BCUT2D eigenvalue weighted by Crippen LogP contribution is -2.01. The molecule has 0 aromatic heterocycles. The highest BCUT2D eigenvalue weighted by Gasteiger charge is 2.12. The third kappa shape index (κ3) is 4.67. The first-order valence-corrected chi connectivity index (χ1v) is 7.66. The third-order valence-electron chi connectivity index (χ3n) is 2.76. The Balaban J connectivity index is 0.000000510. The van der Waals surface area contributed by atoms with Gasteiger partial charge in [-0.1, -0.05) is 88.4 Å². The molecule has 2 heteroatoms. The minimum Gasteiger partial charge on any atom is -0.260 e. The molecule has 1 aliphatic rings. The summed E-state index contributed by atoms with van der Waals surface area (Å²) in [5.74, 6) is 0.837. The first-order valence-electron chi connectivity index (χ1n) is 7.66. The van der Waals surface area contributed by atoms with Crippen LogP contribution in [0.15, 0.2) is 70.6 Å². The topological polar surface area (TPSA) is 24.7 Å². The van der Waals surface area contributed by atoms with Crippen LogP contribution < -0.4 is 0 Å². The highest BCUT2D eigenvalue weighted by atomic mass is 15.0. The van der Waals surface area contributed by atoms with E-state index in [1.54, 1.807) is 0 Å². The second kappa shape index (κ2) is 9.65. The van der Waals surface area contributed by atoms with Crippen LogP contribution in [0.2, 0.25) is 0 Å². The lowest BCUT2D eigenvalue weighted by atomic mass is 10.1. The fraction of sp³-hybridized carbons (Fsp3) is 0.263. The Labute approximate surface area is 128 Å². The van der Waals surface area contributed by atoms with Crippen LogP contribution in [0.3, 0.4) is 0 Å². The smallest absolute Gasteiger partial charge is 0.155 e. The van der Waals surface area contributed by atoms with Gasteiger partial charge in [-0.15, -0.1) is 0 Å². The van der Waals surface area contributed by atoms with Crippen molar-refractivity contribution < 1.29 is 0 Å². The molecule has 2 aromatic carbocycles. The van der Waals surface area contributed by atoms with Crippen molar-refractivity contribution >= 4 is 11.5 Å². The number of hydrogen-bond donors (Lipinski definition) is 0. The van der Waals surface area contributed by atoms with Gasteiger partial charge in [-0.25, -0.2) is 4.99 Å². The molecule has 3 rings (SSSR count). The molecule has 0 saturated heterocycles. The number of rotatable bonds is 2. The maximum atomic E-state index is 4.60. The van der Waals surface area contributed by atoms with E-state index in [9.17, 15) is 0 Å². The molecule has 0 atom stereocenters. The molecule has 0 saturated carbocycles. The minimum atomic E-state index is 0.675. The Morgan fingerprint density at radius 3 is 1.67 bits per heavy atom. The van der Waals surface area contributed by atoms with E-state index in [1.807, 2.05) is 76.2 Å². The Morgan fingerprint density at radius 2 is 1.14 bits per heavy atom. The van der Waals surface area contributed by atoms with Crippen molar-refractivity contribution in [2.24, 2.45) is 9.98 Å². The molecular formula is C19H24N2. The SMILES string of the molecule is CC.CC.c1ccc(C2=NC(c3ccccc3)=NC2)cc1. The Kier molecular flexibility index (Phi) is 7.73. The average Bonchev–Trinajstić information content (AvgIpc) is 3.10. The van der Waals surface area contributed by atoms with Crippen LogP contribution in [0.4, 0.5) is 0 Å². The van der Waals surface area contributed by atoms with Crippen LogP contribution in [0.1, 0.15) is 38.8 Å². The first-order chi connectivity index (χ1) is 10.4. The molecule has 2 nitrogen and oxygen atoms in total. The lowest BCUT2D eigenvalue weighted by molar-refractivity contribution is 1.33. The molecule has 0 unspecified atom stereocenters. The van der Waals surface area contributed by atoms with E-state index in [0.29, 0.717) is 6.54 Å². The number of amidine groups is 1. The van der Waals surface area contributed by atoms with Gasteiger partial charge in [0.25, 0.3) is 0 Å². The minimum absolute atomic E-state index is 0.675. The van der Waals surface area contributed by atoms with Crippen molar-refractivity contribution in [2.75, 3.05) is 6.54 Å². The molecule has 0 amide bonds. The number of aliphatic imine (C=N–C) groups is 2. The largest absolute Gasteiger partial charge is 0.260 e. The van der Waals surface area contributed by atoms with Gasteiger partial charge in [-0.3, -0.25) is 4.99 Å². The number of hydrogen-bond acceptors (Lipinski definition) is 2. The predicted molar refractivity (Wildman–Crippen MR) is 93.5 cm³/mol. The number of nitrogens with zero attached hydrogens (tertiary/aromatic N) is 2. The Hall–Kier alpha value is -2.22. The van der Waals surface area contributed by atoms with Crippen LogP contribution in [-0.2, 0) is 0 Å². The second-order valence-corrected chi connectivity index (χ2v) is 3.93. The van der Waals surface area contributed by atoms with E-state index in [4.69, 9.17) is 0 Å². The maximum Gasteiger partial charge on any atom is 0.155 e. The van der Waals surface area contributed by atoms with Crippen molar-refractivity contribution in [2.45, 2.75) is 27.7 Å². The fourth-order valence-electron chi connectivity index (χ4n) is 1.88. The van der Waals surface area contributed by atoms with Gasteiger partial charge in [-0.05, 0) is 5.56 Å². The highest BCUT2D eigenvalue weighted by Crippen LogP contribution is 2.12. The van der Waals surface area contributed by atoms with Crippen LogP contribution in [0.5, 0.6) is 0 Å². The van der Waals surface area contributed by atoms with Crippen LogP contribution in [0, 0.1) is 0 Å². The predicted octanol–water partition coefficient (Wildman–Crippen LogP) is 4.99. The van der Waals surface area contributed by atoms with Crippen LogP contribution >= 0.6 is 0 Å². The van der Waals surface area contributed by atoms with E-state index in [2.05, 4.69) is 22.1 Å². The Bertz CT molecular complexity index is 569. The average molecular weight is 280 g/mol. The molecule has 0 N–H and O–H groups in total. The lowest BCUT2D eigenvalue weighted by Gasteiger charge is -1.97. The summed E-state index contributed by atoms with van der Waals surface area (Å²) in [6.07, 6.45) is 0. The van der Waals surface area contributed by atoms with Crippen molar-refractivity contribution in [3.63, 3.8) is 0 Å². The van der Waals surface area contributed by atoms with Gasteiger partial charge in [0.2, 0.25) is 0 Å². The Morgan fingerprint density at radius 1 is 0.667 bits per heavy atom. The molecule has 110 valence electrons. The summed E-state index contributed by atoms with van der Waals surface area (Å²) in [6, 6.07) is 20.3. The molecule has 1 heterocycles. The van der Waals surface area contributed by atoms with E-state index < -0.39 is 0 Å². The maximum absolute atomic E-state index is 4.60. The van der Waals surface area contributed by atoms with Crippen LogP contribution in [-0.4, -0.2) is 18.1 Å². The molecule has 0 bridgehead atoms. The molecule has 0 spiro atoms. The number of benzene rings is 2. The van der Waals surface area contributed by atoms with Crippen molar-refractivity contribution in [3.8, 4) is 0 Å². The molecule has 0 aliphatic carbocycles. The zero-order valence-corrected chi connectivity index (χ0v) is 13.4. The molecule has 0 radical (unpaired) electrons. The summed E-state index contributed by atoms with van der Waals surface area (Å²) in [6.45, 7) is 8.67. The first kappa shape index (κ1) is 16.8. The monoisotopic (exact) mass is 280 g/mol. The molecule has 1 aliphatic heterocycles. The zero-order chi connectivity index (χ0) is 15.5. The second-order valence-electron chi connectivity index (χ2n) is 3.93. The van der Waals surface area contributed by atoms with Crippen LogP contribution in [0.25, 0.3) is 0 Å². The quantitative estimate of drug-likeness (QED) is 0.740. The molecular weight excluding hydrogens is 256 g/mol. The van der Waals surface area contributed by atoms with Gasteiger partial charge < -0.3 is 0 Å². The van der Waals surface area contributed by atoms with E-state index in [-0.39, 0.29) is 0 Å². The summed E-state index contributed by atoms with van der Waals surface area (Å²) in [4.78, 5) is 9.07. The molecule has 0 fully saturated rings. The summed E-state index contributed by atoms with van der Waals surface area (Å²) in [7, 11) is 0. The van der Waals surface area contributed by atoms with E-state index >= 15 is 0 Å². The van der Waals surface area contributed by atoms with Gasteiger partial charge in [0.15, 0.2) is 5.84 Å². The van der Waals surface area contributed by atoms with Crippen molar-refractivity contribution in [3.05, 3.63) is 71.8 Å². The van der Waals surface area contributed by atoms with Gasteiger partial charge >= 0.3 is 0 Å². The highest BCUT2D eigenvalue weighted by molar-refractivity contribution is 6.17. The van der Waals surface area contributed by atoms with E-state index in [0.717, 1.165) is 22.7 Å². The summed E-state index contributed by atoms with van der Waals surface area (Å²) in [5, 5.41) is 0. The van der Waals surface area contributed by atoms with Crippen molar-refractivity contribution in [1.82, 2.24) is 0 Å². The molecule has 2 aromatic rings. The summed E-state index contributed by atoms with van der Waals surface area (Å²) < 4.78 is 0. The standard InChI is InChI=1S/C15H12N2.2C2H6/c1-3-7-12(8-4-1)14-11-16-15(17-14)13-9-5-2-6-10-13;2*1-2/h1-10H,11H2;2*1-2H3. The van der Waals surface area contributed by atoms with Crippen molar-refractivity contribution in [1.29, 1.82) is 0 Å². The van der Waals surface area contributed by atoms with Gasteiger partial charge in [-0.2, -0.15) is 0 Å². The fourth-order valence-corrected chi connectivity index (χ4v) is 1.88. The summed E-state index contributed by atoms with van der Waals surface area (Å²) >= 11 is 0. The zero-order valence-electron chi connectivity index (χ0n) is 13.4. The molecule has 21 heavy (non-hydrogen) atoms. The summed E-state index contributed by atoms with van der Waals surface area (Å²) in [5.41, 5.74) is 3.28. The van der Waals surface area contributed by atoms with Gasteiger partial charge in [0.1, 0.15) is 0 Å². The third-order valence-corrected chi connectivity index (χ3v) is 2.76. The normalized spacial score (nSPS) is 12.2.